The van der Waals surface area contributed by atoms with Gasteiger partial charge < -0.3 is 10.2 Å². The molecule has 1 saturated carbocycles. The standard InChI is InChI=1S/C10H17N3OS/c11-7-9-12-13-10(14-9)15-8-5-3-1-2-4-6-8/h8H,1-7,11H2. The number of hydrogen-bond donors (Lipinski definition) is 1. The van der Waals surface area contributed by atoms with Gasteiger partial charge in [-0.05, 0) is 12.8 Å². The maximum absolute atomic E-state index is 5.42. The van der Waals surface area contributed by atoms with E-state index in [9.17, 15) is 0 Å². The lowest BCUT2D eigenvalue weighted by atomic mass is 10.2. The van der Waals surface area contributed by atoms with Crippen molar-refractivity contribution in [2.75, 3.05) is 0 Å². The number of aromatic nitrogens is 2. The van der Waals surface area contributed by atoms with Crippen LogP contribution in [0.3, 0.4) is 0 Å². The molecule has 15 heavy (non-hydrogen) atoms. The molecule has 0 radical (unpaired) electrons. The summed E-state index contributed by atoms with van der Waals surface area (Å²) >= 11 is 1.72. The third-order valence-electron chi connectivity index (χ3n) is 2.69. The molecule has 0 aliphatic heterocycles. The Hall–Kier alpha value is -0.550. The Bertz CT molecular complexity index is 295. The predicted octanol–water partition coefficient (Wildman–Crippen LogP) is 2.34. The van der Waals surface area contributed by atoms with Gasteiger partial charge in [0.25, 0.3) is 5.22 Å². The van der Waals surface area contributed by atoms with E-state index in [4.69, 9.17) is 10.2 Å². The van der Waals surface area contributed by atoms with Gasteiger partial charge in [0, 0.05) is 5.25 Å². The Kier molecular flexibility index (Phi) is 4.02. The van der Waals surface area contributed by atoms with Crippen molar-refractivity contribution in [2.24, 2.45) is 5.73 Å². The van der Waals surface area contributed by atoms with Crippen LogP contribution in [0.2, 0.25) is 0 Å². The van der Waals surface area contributed by atoms with Crippen LogP contribution < -0.4 is 5.73 Å². The molecular formula is C10H17N3OS. The average Bonchev–Trinajstić information content (AvgIpc) is 2.54. The van der Waals surface area contributed by atoms with Gasteiger partial charge in [-0.3, -0.25) is 0 Å². The van der Waals surface area contributed by atoms with Crippen LogP contribution >= 0.6 is 11.8 Å². The van der Waals surface area contributed by atoms with Gasteiger partial charge >= 0.3 is 0 Å². The normalized spacial score (nSPS) is 19.0. The van der Waals surface area contributed by atoms with Gasteiger partial charge in [-0.25, -0.2) is 0 Å². The fourth-order valence-electron chi connectivity index (χ4n) is 1.87. The van der Waals surface area contributed by atoms with E-state index < -0.39 is 0 Å². The molecule has 0 amide bonds. The summed E-state index contributed by atoms with van der Waals surface area (Å²) in [6, 6.07) is 0. The summed E-state index contributed by atoms with van der Waals surface area (Å²) in [5, 5.41) is 9.17. The predicted molar refractivity (Wildman–Crippen MR) is 59.5 cm³/mol. The number of thioether (sulfide) groups is 1. The maximum Gasteiger partial charge on any atom is 0.276 e. The largest absolute Gasteiger partial charge is 0.415 e. The van der Waals surface area contributed by atoms with Gasteiger partial charge in [0.15, 0.2) is 0 Å². The monoisotopic (exact) mass is 227 g/mol. The third-order valence-corrected chi connectivity index (χ3v) is 3.86. The first kappa shape index (κ1) is 11.0. The van der Waals surface area contributed by atoms with E-state index in [1.165, 1.54) is 38.5 Å². The lowest BCUT2D eigenvalue weighted by Crippen LogP contribution is -1.99. The van der Waals surface area contributed by atoms with Crippen molar-refractivity contribution in [3.8, 4) is 0 Å². The molecule has 1 aromatic heterocycles. The Labute approximate surface area is 94.0 Å². The molecule has 0 spiro atoms. The van der Waals surface area contributed by atoms with Crippen molar-refractivity contribution in [1.29, 1.82) is 0 Å². The molecule has 0 saturated heterocycles. The molecule has 0 atom stereocenters. The van der Waals surface area contributed by atoms with Gasteiger partial charge in [0.05, 0.1) is 6.54 Å². The fraction of sp³-hybridized carbons (Fsp3) is 0.800. The first-order valence-corrected chi connectivity index (χ1v) is 6.45. The number of rotatable bonds is 3. The Balaban J connectivity index is 1.89. The summed E-state index contributed by atoms with van der Waals surface area (Å²) in [4.78, 5) is 0. The number of nitrogens with two attached hydrogens (primary N) is 1. The summed E-state index contributed by atoms with van der Waals surface area (Å²) in [7, 11) is 0. The maximum atomic E-state index is 5.42. The molecule has 1 aliphatic carbocycles. The molecule has 0 aromatic carbocycles. The molecule has 1 aliphatic rings. The van der Waals surface area contributed by atoms with Crippen LogP contribution in [0.4, 0.5) is 0 Å². The molecular weight excluding hydrogens is 210 g/mol. The number of hydrogen-bond acceptors (Lipinski definition) is 5. The van der Waals surface area contributed by atoms with Crippen molar-refractivity contribution >= 4 is 11.8 Å². The minimum Gasteiger partial charge on any atom is -0.415 e. The Morgan fingerprint density at radius 3 is 2.53 bits per heavy atom. The van der Waals surface area contributed by atoms with Gasteiger partial charge in [0.2, 0.25) is 5.89 Å². The third kappa shape index (κ3) is 3.21. The number of nitrogens with zero attached hydrogens (tertiary/aromatic N) is 2. The first-order chi connectivity index (χ1) is 7.38. The van der Waals surface area contributed by atoms with E-state index in [0.717, 1.165) is 0 Å². The van der Waals surface area contributed by atoms with E-state index in [-0.39, 0.29) is 0 Å². The van der Waals surface area contributed by atoms with Crippen molar-refractivity contribution in [3.63, 3.8) is 0 Å². The topological polar surface area (TPSA) is 64.9 Å². The van der Waals surface area contributed by atoms with E-state index in [1.807, 2.05) is 0 Å². The van der Waals surface area contributed by atoms with Gasteiger partial charge in [-0.1, -0.05) is 37.4 Å². The Morgan fingerprint density at radius 2 is 1.93 bits per heavy atom. The highest BCUT2D eigenvalue weighted by Crippen LogP contribution is 2.31. The molecule has 1 fully saturated rings. The molecule has 0 unspecified atom stereocenters. The minimum atomic E-state index is 0.332. The zero-order valence-electron chi connectivity index (χ0n) is 8.82. The van der Waals surface area contributed by atoms with E-state index in [1.54, 1.807) is 11.8 Å². The molecule has 0 bridgehead atoms. The highest BCUT2D eigenvalue weighted by molar-refractivity contribution is 7.99. The Morgan fingerprint density at radius 1 is 1.20 bits per heavy atom. The van der Waals surface area contributed by atoms with Crippen molar-refractivity contribution in [1.82, 2.24) is 10.2 Å². The van der Waals surface area contributed by atoms with E-state index in [2.05, 4.69) is 10.2 Å². The fourth-order valence-corrected chi connectivity index (χ4v) is 2.96. The first-order valence-electron chi connectivity index (χ1n) is 5.57. The minimum absolute atomic E-state index is 0.332. The van der Waals surface area contributed by atoms with Crippen LogP contribution in [-0.4, -0.2) is 15.4 Å². The highest BCUT2D eigenvalue weighted by Gasteiger charge is 2.16. The quantitative estimate of drug-likeness (QED) is 0.803. The second-order valence-corrected chi connectivity index (χ2v) is 5.15. The van der Waals surface area contributed by atoms with Crippen LogP contribution in [-0.2, 0) is 6.54 Å². The van der Waals surface area contributed by atoms with Crippen LogP contribution in [0.15, 0.2) is 9.64 Å². The zero-order valence-corrected chi connectivity index (χ0v) is 9.63. The second kappa shape index (κ2) is 5.51. The molecule has 1 aromatic rings. The average molecular weight is 227 g/mol. The molecule has 5 heteroatoms. The van der Waals surface area contributed by atoms with Gasteiger partial charge in [-0.15, -0.1) is 10.2 Å². The summed E-state index contributed by atoms with van der Waals surface area (Å²) in [6.07, 6.45) is 7.94. The summed E-state index contributed by atoms with van der Waals surface area (Å²) < 4.78 is 5.39. The molecule has 1 heterocycles. The highest BCUT2D eigenvalue weighted by atomic mass is 32.2. The molecule has 84 valence electrons. The van der Waals surface area contributed by atoms with Crippen molar-refractivity contribution < 1.29 is 4.42 Å². The van der Waals surface area contributed by atoms with Crippen LogP contribution in [0.1, 0.15) is 44.4 Å². The van der Waals surface area contributed by atoms with Crippen LogP contribution in [0, 0.1) is 0 Å². The zero-order chi connectivity index (χ0) is 10.5. The van der Waals surface area contributed by atoms with Gasteiger partial charge in [0.1, 0.15) is 0 Å². The molecule has 2 N–H and O–H groups in total. The van der Waals surface area contributed by atoms with Crippen LogP contribution in [0.5, 0.6) is 0 Å². The lowest BCUT2D eigenvalue weighted by molar-refractivity contribution is 0.413. The van der Waals surface area contributed by atoms with Crippen LogP contribution in [0.25, 0.3) is 0 Å². The van der Waals surface area contributed by atoms with E-state index in [0.29, 0.717) is 22.9 Å². The van der Waals surface area contributed by atoms with E-state index >= 15 is 0 Å². The summed E-state index contributed by atoms with van der Waals surface area (Å²) in [6.45, 7) is 0.332. The van der Waals surface area contributed by atoms with Crippen molar-refractivity contribution in [2.45, 2.75) is 55.5 Å². The molecule has 4 nitrogen and oxygen atoms in total. The smallest absolute Gasteiger partial charge is 0.276 e. The second-order valence-electron chi connectivity index (χ2n) is 3.90. The summed E-state index contributed by atoms with van der Waals surface area (Å²) in [5.41, 5.74) is 5.42. The van der Waals surface area contributed by atoms with Crippen molar-refractivity contribution in [3.05, 3.63) is 5.89 Å². The van der Waals surface area contributed by atoms with Gasteiger partial charge in [-0.2, -0.15) is 0 Å². The SMILES string of the molecule is NCc1nnc(SC2CCCCCC2)o1. The summed E-state index contributed by atoms with van der Waals surface area (Å²) in [5.74, 6) is 0.533. The molecule has 2 rings (SSSR count). The lowest BCUT2D eigenvalue weighted by Gasteiger charge is -2.09.